The molecule has 1 aromatic heterocycles. The Morgan fingerprint density at radius 3 is 2.27 bits per heavy atom. The van der Waals surface area contributed by atoms with E-state index in [0.29, 0.717) is 39.2 Å². The molecule has 0 bridgehead atoms. The van der Waals surface area contributed by atoms with Gasteiger partial charge in [0.05, 0.1) is 31.2 Å². The molecule has 6 heteroatoms. The summed E-state index contributed by atoms with van der Waals surface area (Å²) in [7, 11) is 3.16. The van der Waals surface area contributed by atoms with Crippen LogP contribution in [0.4, 0.5) is 5.69 Å². The molecule has 0 aliphatic rings. The zero-order chi connectivity index (χ0) is 21.1. The van der Waals surface area contributed by atoms with Gasteiger partial charge in [-0.3, -0.25) is 9.79 Å². The zero-order valence-corrected chi connectivity index (χ0v) is 16.6. The fourth-order valence-corrected chi connectivity index (χ4v) is 3.29. The van der Waals surface area contributed by atoms with Crippen LogP contribution in [0.2, 0.25) is 0 Å². The number of aromatic hydroxyl groups is 1. The Morgan fingerprint density at radius 2 is 1.57 bits per heavy atom. The topological polar surface area (TPSA) is 73.1 Å². The van der Waals surface area contributed by atoms with Crippen LogP contribution < -0.4 is 15.0 Å². The second kappa shape index (κ2) is 8.13. The molecular formula is C24H20N2O4. The first kappa shape index (κ1) is 19.3. The SMILES string of the molecule is COc1ccc(-n2c(O)c(C=Nc3cccc(OC)c3)c3ccccc3c2=O)cc1. The summed E-state index contributed by atoms with van der Waals surface area (Å²) < 4.78 is 11.7. The molecule has 4 rings (SSSR count). The highest BCUT2D eigenvalue weighted by molar-refractivity contribution is 6.02. The van der Waals surface area contributed by atoms with E-state index in [1.54, 1.807) is 69.0 Å². The van der Waals surface area contributed by atoms with E-state index in [1.807, 2.05) is 24.3 Å². The third-order valence-electron chi connectivity index (χ3n) is 4.83. The standard InChI is InChI=1S/C24H20N2O4/c1-29-18-12-10-17(11-13-18)26-23(27)21-9-4-3-8-20(21)22(24(26)28)15-25-16-6-5-7-19(14-16)30-2/h3-15,28H,1-2H3. The lowest BCUT2D eigenvalue weighted by atomic mass is 10.1. The smallest absolute Gasteiger partial charge is 0.265 e. The highest BCUT2D eigenvalue weighted by Crippen LogP contribution is 2.28. The summed E-state index contributed by atoms with van der Waals surface area (Å²) in [5, 5.41) is 12.1. The molecule has 3 aromatic carbocycles. The van der Waals surface area contributed by atoms with E-state index in [4.69, 9.17) is 9.47 Å². The lowest BCUT2D eigenvalue weighted by molar-refractivity contribution is 0.414. The van der Waals surface area contributed by atoms with Gasteiger partial charge in [0.25, 0.3) is 5.56 Å². The van der Waals surface area contributed by atoms with Gasteiger partial charge in [-0.15, -0.1) is 0 Å². The fraction of sp³-hybridized carbons (Fsp3) is 0.0833. The van der Waals surface area contributed by atoms with Crippen LogP contribution in [0.5, 0.6) is 17.4 Å². The predicted molar refractivity (Wildman–Crippen MR) is 118 cm³/mol. The van der Waals surface area contributed by atoms with Crippen LogP contribution in [0.1, 0.15) is 5.56 Å². The minimum Gasteiger partial charge on any atom is -0.497 e. The molecule has 0 atom stereocenters. The number of hydrogen-bond acceptors (Lipinski definition) is 5. The van der Waals surface area contributed by atoms with Crippen molar-refractivity contribution in [3.63, 3.8) is 0 Å². The summed E-state index contributed by atoms with van der Waals surface area (Å²) in [6.45, 7) is 0. The Kier molecular flexibility index (Phi) is 5.22. The Labute approximate surface area is 173 Å². The summed E-state index contributed by atoms with van der Waals surface area (Å²) in [6, 6.07) is 21.3. The Hall–Kier alpha value is -4.06. The van der Waals surface area contributed by atoms with Crippen molar-refractivity contribution in [1.29, 1.82) is 0 Å². The quantitative estimate of drug-likeness (QED) is 0.502. The van der Waals surface area contributed by atoms with Crippen LogP contribution in [-0.2, 0) is 0 Å². The van der Waals surface area contributed by atoms with Crippen LogP contribution in [0.25, 0.3) is 16.5 Å². The van der Waals surface area contributed by atoms with Gasteiger partial charge in [0.15, 0.2) is 0 Å². The van der Waals surface area contributed by atoms with Crippen molar-refractivity contribution in [3.8, 4) is 23.1 Å². The number of fused-ring (bicyclic) bond motifs is 1. The predicted octanol–water partition coefficient (Wildman–Crippen LogP) is 4.46. The average Bonchev–Trinajstić information content (AvgIpc) is 2.79. The third kappa shape index (κ3) is 3.51. The first-order valence-corrected chi connectivity index (χ1v) is 9.31. The van der Waals surface area contributed by atoms with Crippen LogP contribution in [0, 0.1) is 0 Å². The van der Waals surface area contributed by atoms with E-state index >= 15 is 0 Å². The number of aliphatic imine (C=N–C) groups is 1. The molecule has 6 nitrogen and oxygen atoms in total. The molecule has 0 fully saturated rings. The maximum atomic E-state index is 13.1. The second-order valence-corrected chi connectivity index (χ2v) is 6.58. The Balaban J connectivity index is 1.92. The molecule has 0 aliphatic heterocycles. The second-order valence-electron chi connectivity index (χ2n) is 6.58. The molecule has 0 amide bonds. The molecule has 0 spiro atoms. The first-order chi connectivity index (χ1) is 14.6. The number of benzene rings is 3. The molecule has 150 valence electrons. The van der Waals surface area contributed by atoms with Gasteiger partial charge in [-0.2, -0.15) is 0 Å². The van der Waals surface area contributed by atoms with Gasteiger partial charge in [-0.05, 0) is 42.5 Å². The average molecular weight is 400 g/mol. The maximum Gasteiger partial charge on any atom is 0.265 e. The van der Waals surface area contributed by atoms with E-state index in [2.05, 4.69) is 4.99 Å². The lowest BCUT2D eigenvalue weighted by Gasteiger charge is -2.14. The van der Waals surface area contributed by atoms with E-state index in [9.17, 15) is 9.90 Å². The summed E-state index contributed by atoms with van der Waals surface area (Å²) in [4.78, 5) is 17.6. The summed E-state index contributed by atoms with van der Waals surface area (Å²) in [5.74, 6) is 1.16. The third-order valence-corrected chi connectivity index (χ3v) is 4.83. The highest BCUT2D eigenvalue weighted by Gasteiger charge is 2.16. The minimum atomic E-state index is -0.313. The molecule has 0 unspecified atom stereocenters. The Morgan fingerprint density at radius 1 is 0.867 bits per heavy atom. The normalized spacial score (nSPS) is 11.1. The molecule has 4 aromatic rings. The van der Waals surface area contributed by atoms with E-state index < -0.39 is 0 Å². The minimum absolute atomic E-state index is 0.185. The van der Waals surface area contributed by atoms with Crippen LogP contribution >= 0.6 is 0 Å². The first-order valence-electron chi connectivity index (χ1n) is 9.31. The van der Waals surface area contributed by atoms with E-state index in [1.165, 1.54) is 4.57 Å². The molecule has 30 heavy (non-hydrogen) atoms. The molecule has 1 N–H and O–H groups in total. The van der Waals surface area contributed by atoms with Crippen molar-refractivity contribution in [1.82, 2.24) is 4.57 Å². The largest absolute Gasteiger partial charge is 0.497 e. The van der Waals surface area contributed by atoms with Crippen LogP contribution in [-0.4, -0.2) is 30.1 Å². The van der Waals surface area contributed by atoms with Gasteiger partial charge in [0, 0.05) is 23.1 Å². The van der Waals surface area contributed by atoms with Gasteiger partial charge in [0.2, 0.25) is 5.88 Å². The molecule has 0 radical (unpaired) electrons. The monoisotopic (exact) mass is 400 g/mol. The van der Waals surface area contributed by atoms with Crippen molar-refractivity contribution >= 4 is 22.7 Å². The number of pyridine rings is 1. The summed E-state index contributed by atoms with van der Waals surface area (Å²) in [6.07, 6.45) is 1.56. The highest BCUT2D eigenvalue weighted by atomic mass is 16.5. The van der Waals surface area contributed by atoms with Crippen molar-refractivity contribution < 1.29 is 14.6 Å². The van der Waals surface area contributed by atoms with Gasteiger partial charge in [-0.25, -0.2) is 4.57 Å². The van der Waals surface area contributed by atoms with E-state index in [0.717, 1.165) is 0 Å². The molecule has 0 aliphatic carbocycles. The lowest BCUT2D eigenvalue weighted by Crippen LogP contribution is -2.20. The van der Waals surface area contributed by atoms with Gasteiger partial charge >= 0.3 is 0 Å². The van der Waals surface area contributed by atoms with Gasteiger partial charge in [0.1, 0.15) is 11.5 Å². The molecule has 0 saturated carbocycles. The number of nitrogens with zero attached hydrogens (tertiary/aromatic N) is 2. The van der Waals surface area contributed by atoms with Crippen LogP contribution in [0.3, 0.4) is 0 Å². The molecule has 1 heterocycles. The van der Waals surface area contributed by atoms with Crippen molar-refractivity contribution in [3.05, 3.63) is 88.7 Å². The number of rotatable bonds is 5. The number of hydrogen-bond donors (Lipinski definition) is 1. The maximum absolute atomic E-state index is 13.1. The summed E-state index contributed by atoms with van der Waals surface area (Å²) >= 11 is 0. The number of aromatic nitrogens is 1. The summed E-state index contributed by atoms with van der Waals surface area (Å²) in [5.41, 5.74) is 1.33. The van der Waals surface area contributed by atoms with E-state index in [-0.39, 0.29) is 11.4 Å². The van der Waals surface area contributed by atoms with Crippen molar-refractivity contribution in [2.45, 2.75) is 0 Å². The van der Waals surface area contributed by atoms with Gasteiger partial charge in [-0.1, -0.05) is 24.3 Å². The van der Waals surface area contributed by atoms with Gasteiger partial charge < -0.3 is 14.6 Å². The molecular weight excluding hydrogens is 380 g/mol. The fourth-order valence-electron chi connectivity index (χ4n) is 3.29. The number of methoxy groups -OCH3 is 2. The van der Waals surface area contributed by atoms with Crippen LogP contribution in [0.15, 0.2) is 82.6 Å². The van der Waals surface area contributed by atoms with Crippen molar-refractivity contribution in [2.75, 3.05) is 14.2 Å². The molecule has 0 saturated heterocycles. The Bertz CT molecular complexity index is 1290. The number of ether oxygens (including phenoxy) is 2. The zero-order valence-electron chi connectivity index (χ0n) is 16.6. The van der Waals surface area contributed by atoms with Crippen molar-refractivity contribution in [2.24, 2.45) is 4.99 Å².